The zero-order chi connectivity index (χ0) is 13.1. The van der Waals surface area contributed by atoms with Crippen molar-refractivity contribution in [1.82, 2.24) is 5.32 Å². The second kappa shape index (κ2) is 5.24. The second-order valence-corrected chi connectivity index (χ2v) is 5.76. The Labute approximate surface area is 99.7 Å². The van der Waals surface area contributed by atoms with Crippen LogP contribution in [0, 0.1) is 10.1 Å². The van der Waals surface area contributed by atoms with E-state index < -0.39 is 14.8 Å². The molecule has 0 saturated carbocycles. The van der Waals surface area contributed by atoms with Gasteiger partial charge in [-0.15, -0.1) is 0 Å². The normalized spacial score (nSPS) is 13.3. The van der Waals surface area contributed by atoms with Gasteiger partial charge in [-0.1, -0.05) is 0 Å². The number of sulfone groups is 1. The molecular formula is C10H14N2O4S. The molecule has 0 spiro atoms. The highest BCUT2D eigenvalue weighted by Crippen LogP contribution is 2.17. The van der Waals surface area contributed by atoms with Gasteiger partial charge in [-0.3, -0.25) is 10.1 Å². The molecule has 1 N–H and O–H groups in total. The first-order valence-electron chi connectivity index (χ1n) is 5.01. The van der Waals surface area contributed by atoms with Gasteiger partial charge in [0.15, 0.2) is 9.84 Å². The zero-order valence-electron chi connectivity index (χ0n) is 9.58. The lowest BCUT2D eigenvalue weighted by Gasteiger charge is -2.10. The lowest BCUT2D eigenvalue weighted by molar-refractivity contribution is -0.384. The van der Waals surface area contributed by atoms with E-state index >= 15 is 0 Å². The Morgan fingerprint density at radius 1 is 1.35 bits per heavy atom. The third-order valence-corrected chi connectivity index (χ3v) is 4.30. The molecule has 1 aromatic rings. The van der Waals surface area contributed by atoms with Gasteiger partial charge in [-0.2, -0.15) is 0 Å². The van der Waals surface area contributed by atoms with Gasteiger partial charge in [0, 0.05) is 18.2 Å². The molecular weight excluding hydrogens is 244 g/mol. The molecule has 0 saturated heterocycles. The SMILES string of the molecule is CNC(C)CS(=O)(=O)c1ccc([N+](=O)[O-])cc1. The smallest absolute Gasteiger partial charge is 0.269 e. The summed E-state index contributed by atoms with van der Waals surface area (Å²) in [6, 6.07) is 4.73. The summed E-state index contributed by atoms with van der Waals surface area (Å²) < 4.78 is 23.7. The number of nitro groups is 1. The van der Waals surface area contributed by atoms with Gasteiger partial charge in [0.1, 0.15) is 0 Å². The predicted molar refractivity (Wildman–Crippen MR) is 63.7 cm³/mol. The van der Waals surface area contributed by atoms with E-state index in [2.05, 4.69) is 5.32 Å². The fraction of sp³-hybridized carbons (Fsp3) is 0.400. The Bertz CT molecular complexity index is 496. The van der Waals surface area contributed by atoms with E-state index in [-0.39, 0.29) is 22.4 Å². The van der Waals surface area contributed by atoms with E-state index in [1.54, 1.807) is 14.0 Å². The summed E-state index contributed by atoms with van der Waals surface area (Å²) >= 11 is 0. The van der Waals surface area contributed by atoms with Crippen LogP contribution in [0.3, 0.4) is 0 Å². The number of nitrogens with zero attached hydrogens (tertiary/aromatic N) is 1. The number of hydrogen-bond donors (Lipinski definition) is 1. The molecule has 0 heterocycles. The predicted octanol–water partition coefficient (Wildman–Crippen LogP) is 0.976. The van der Waals surface area contributed by atoms with E-state index in [1.807, 2.05) is 0 Å². The average Bonchev–Trinajstić information content (AvgIpc) is 2.28. The highest BCUT2D eigenvalue weighted by atomic mass is 32.2. The van der Waals surface area contributed by atoms with Gasteiger partial charge in [0.2, 0.25) is 0 Å². The zero-order valence-corrected chi connectivity index (χ0v) is 10.4. The summed E-state index contributed by atoms with van der Waals surface area (Å²) in [6.45, 7) is 1.75. The molecule has 1 atom stereocenters. The van der Waals surface area contributed by atoms with Crippen molar-refractivity contribution in [1.29, 1.82) is 0 Å². The molecule has 0 aliphatic rings. The van der Waals surface area contributed by atoms with Gasteiger partial charge in [0.05, 0.1) is 15.6 Å². The van der Waals surface area contributed by atoms with Crippen molar-refractivity contribution in [3.8, 4) is 0 Å². The summed E-state index contributed by atoms with van der Waals surface area (Å²) in [5.74, 6) is -0.0404. The topological polar surface area (TPSA) is 89.3 Å². The molecule has 0 aliphatic carbocycles. The summed E-state index contributed by atoms with van der Waals surface area (Å²) in [7, 11) is -1.72. The van der Waals surface area contributed by atoms with Crippen molar-refractivity contribution >= 4 is 15.5 Å². The number of hydrogen-bond acceptors (Lipinski definition) is 5. The number of benzene rings is 1. The third kappa shape index (κ3) is 3.50. The highest BCUT2D eigenvalue weighted by Gasteiger charge is 2.18. The maximum absolute atomic E-state index is 11.9. The van der Waals surface area contributed by atoms with Crippen LogP contribution in [0.1, 0.15) is 6.92 Å². The molecule has 0 aliphatic heterocycles. The molecule has 94 valence electrons. The number of rotatable bonds is 5. The summed E-state index contributed by atoms with van der Waals surface area (Å²) in [4.78, 5) is 9.97. The average molecular weight is 258 g/mol. The van der Waals surface area contributed by atoms with Gasteiger partial charge < -0.3 is 5.32 Å². The maximum atomic E-state index is 11.9. The van der Waals surface area contributed by atoms with Crippen LogP contribution in [0.15, 0.2) is 29.2 Å². The van der Waals surface area contributed by atoms with Crippen LogP contribution in [0.5, 0.6) is 0 Å². The lowest BCUT2D eigenvalue weighted by Crippen LogP contribution is -2.29. The quantitative estimate of drug-likeness (QED) is 0.628. The summed E-state index contributed by atoms with van der Waals surface area (Å²) in [5, 5.41) is 13.3. The molecule has 1 aromatic carbocycles. The fourth-order valence-electron chi connectivity index (χ4n) is 1.28. The van der Waals surface area contributed by atoms with E-state index in [9.17, 15) is 18.5 Å². The van der Waals surface area contributed by atoms with E-state index in [1.165, 1.54) is 24.3 Å². The molecule has 1 rings (SSSR count). The van der Waals surface area contributed by atoms with Crippen LogP contribution in [0.2, 0.25) is 0 Å². The van der Waals surface area contributed by atoms with Gasteiger partial charge in [-0.25, -0.2) is 8.42 Å². The molecule has 0 aromatic heterocycles. The number of nitro benzene ring substituents is 1. The van der Waals surface area contributed by atoms with Crippen molar-refractivity contribution in [2.45, 2.75) is 17.9 Å². The molecule has 17 heavy (non-hydrogen) atoms. The van der Waals surface area contributed by atoms with Crippen molar-refractivity contribution in [3.63, 3.8) is 0 Å². The molecule has 0 amide bonds. The van der Waals surface area contributed by atoms with Crippen LogP contribution in [-0.2, 0) is 9.84 Å². The first-order chi connectivity index (χ1) is 7.86. The van der Waals surface area contributed by atoms with Crippen LogP contribution < -0.4 is 5.32 Å². The number of non-ortho nitro benzene ring substituents is 1. The van der Waals surface area contributed by atoms with Gasteiger partial charge in [-0.05, 0) is 26.1 Å². The summed E-state index contributed by atoms with van der Waals surface area (Å²) in [5.41, 5.74) is -0.120. The van der Waals surface area contributed by atoms with E-state index in [0.29, 0.717) is 0 Å². The molecule has 7 heteroatoms. The van der Waals surface area contributed by atoms with Gasteiger partial charge in [0.25, 0.3) is 5.69 Å². The van der Waals surface area contributed by atoms with Crippen LogP contribution in [-0.4, -0.2) is 32.2 Å². The van der Waals surface area contributed by atoms with Crippen molar-refractivity contribution in [3.05, 3.63) is 34.4 Å². The Hall–Kier alpha value is -1.47. The standard InChI is InChI=1S/C10H14N2O4S/c1-8(11-2)7-17(15,16)10-5-3-9(4-6-10)12(13)14/h3-6,8,11H,7H2,1-2H3. The molecule has 0 bridgehead atoms. The first kappa shape index (κ1) is 13.6. The fourth-order valence-corrected chi connectivity index (χ4v) is 2.85. The molecule has 0 fully saturated rings. The Morgan fingerprint density at radius 2 is 1.88 bits per heavy atom. The van der Waals surface area contributed by atoms with Crippen LogP contribution in [0.25, 0.3) is 0 Å². The second-order valence-electron chi connectivity index (χ2n) is 3.72. The highest BCUT2D eigenvalue weighted by molar-refractivity contribution is 7.91. The first-order valence-corrected chi connectivity index (χ1v) is 6.66. The minimum Gasteiger partial charge on any atom is -0.316 e. The number of nitrogens with one attached hydrogen (secondary N) is 1. The van der Waals surface area contributed by atoms with Crippen molar-refractivity contribution in [2.75, 3.05) is 12.8 Å². The molecule has 0 radical (unpaired) electrons. The van der Waals surface area contributed by atoms with Crippen LogP contribution in [0.4, 0.5) is 5.69 Å². The van der Waals surface area contributed by atoms with Crippen molar-refractivity contribution < 1.29 is 13.3 Å². The monoisotopic (exact) mass is 258 g/mol. The third-order valence-electron chi connectivity index (χ3n) is 2.37. The Kier molecular flexibility index (Phi) is 4.19. The minimum atomic E-state index is -3.40. The van der Waals surface area contributed by atoms with E-state index in [0.717, 1.165) is 0 Å². The minimum absolute atomic E-state index is 0.0404. The Morgan fingerprint density at radius 3 is 2.29 bits per heavy atom. The summed E-state index contributed by atoms with van der Waals surface area (Å²) in [6.07, 6.45) is 0. The van der Waals surface area contributed by atoms with Gasteiger partial charge >= 0.3 is 0 Å². The lowest BCUT2D eigenvalue weighted by atomic mass is 10.3. The maximum Gasteiger partial charge on any atom is 0.269 e. The Balaban J connectivity index is 2.96. The van der Waals surface area contributed by atoms with E-state index in [4.69, 9.17) is 0 Å². The molecule has 1 unspecified atom stereocenters. The van der Waals surface area contributed by atoms with Crippen molar-refractivity contribution in [2.24, 2.45) is 0 Å². The largest absolute Gasteiger partial charge is 0.316 e. The molecule has 6 nitrogen and oxygen atoms in total. The van der Waals surface area contributed by atoms with Crippen LogP contribution >= 0.6 is 0 Å².